The molecule has 1 saturated heterocycles. The summed E-state index contributed by atoms with van der Waals surface area (Å²) < 4.78 is 33.7. The van der Waals surface area contributed by atoms with Crippen molar-refractivity contribution in [3.8, 4) is 11.5 Å². The van der Waals surface area contributed by atoms with Gasteiger partial charge in [-0.3, -0.25) is 0 Å². The van der Waals surface area contributed by atoms with Crippen LogP contribution in [0.4, 0.5) is 4.79 Å². The van der Waals surface area contributed by atoms with Crippen molar-refractivity contribution in [1.29, 1.82) is 0 Å². The molecule has 8 heteroatoms. The molecule has 0 aliphatic carbocycles. The molecule has 23 heavy (non-hydrogen) atoms. The molecular formula is C15H22N2O5S. The topological polar surface area (TPSA) is 84.9 Å². The van der Waals surface area contributed by atoms with Crippen LogP contribution in [0.15, 0.2) is 24.3 Å². The highest BCUT2D eigenvalue weighted by Gasteiger charge is 2.32. The highest BCUT2D eigenvalue weighted by molar-refractivity contribution is 7.91. The number of amides is 2. The third-order valence-electron chi connectivity index (χ3n) is 3.67. The van der Waals surface area contributed by atoms with Gasteiger partial charge in [0, 0.05) is 13.1 Å². The zero-order chi connectivity index (χ0) is 16.9. The molecule has 1 aliphatic rings. The number of nitrogens with zero attached hydrogens (tertiary/aromatic N) is 1. The predicted octanol–water partition coefficient (Wildman–Crippen LogP) is 1.25. The van der Waals surface area contributed by atoms with Gasteiger partial charge in [0.2, 0.25) is 0 Å². The van der Waals surface area contributed by atoms with Gasteiger partial charge in [-0.15, -0.1) is 0 Å². The van der Waals surface area contributed by atoms with Crippen molar-refractivity contribution < 1.29 is 22.7 Å². The second-order valence-electron chi connectivity index (χ2n) is 5.34. The van der Waals surface area contributed by atoms with E-state index in [0.717, 1.165) is 5.75 Å². The highest BCUT2D eigenvalue weighted by atomic mass is 32.2. The number of ether oxygens (including phenoxy) is 2. The quantitative estimate of drug-likeness (QED) is 0.787. The minimum absolute atomic E-state index is 0.0105. The minimum atomic E-state index is -3.01. The average molecular weight is 342 g/mol. The van der Waals surface area contributed by atoms with Crippen LogP contribution in [0.5, 0.6) is 11.5 Å². The summed E-state index contributed by atoms with van der Waals surface area (Å²) in [7, 11) is -1.42. The van der Waals surface area contributed by atoms with Gasteiger partial charge in [0.05, 0.1) is 18.1 Å². The highest BCUT2D eigenvalue weighted by Crippen LogP contribution is 2.18. The second-order valence-corrected chi connectivity index (χ2v) is 7.57. The maximum atomic E-state index is 12.0. The lowest BCUT2D eigenvalue weighted by atomic mass is 10.2. The van der Waals surface area contributed by atoms with Gasteiger partial charge >= 0.3 is 6.03 Å². The first-order valence-electron chi connectivity index (χ1n) is 7.48. The molecule has 1 N–H and O–H groups in total. The lowest BCUT2D eigenvalue weighted by Crippen LogP contribution is -2.45. The molecule has 2 amide bonds. The molecule has 0 bridgehead atoms. The van der Waals surface area contributed by atoms with Crippen molar-refractivity contribution in [2.75, 3.05) is 31.9 Å². The van der Waals surface area contributed by atoms with Gasteiger partial charge in [0.25, 0.3) is 0 Å². The van der Waals surface area contributed by atoms with E-state index >= 15 is 0 Å². The molecule has 0 spiro atoms. The third kappa shape index (κ3) is 5.02. The zero-order valence-electron chi connectivity index (χ0n) is 13.3. The van der Waals surface area contributed by atoms with Crippen LogP contribution in [-0.4, -0.2) is 57.3 Å². The molecule has 1 unspecified atom stereocenters. The van der Waals surface area contributed by atoms with Gasteiger partial charge in [-0.2, -0.15) is 0 Å². The fourth-order valence-corrected chi connectivity index (χ4v) is 4.13. The van der Waals surface area contributed by atoms with Gasteiger partial charge in [0.15, 0.2) is 16.6 Å². The van der Waals surface area contributed by atoms with E-state index in [1.54, 1.807) is 31.3 Å². The monoisotopic (exact) mass is 342 g/mol. The Bertz CT molecular complexity index is 630. The maximum absolute atomic E-state index is 12.0. The van der Waals surface area contributed by atoms with Gasteiger partial charge in [-0.05, 0) is 37.6 Å². The van der Waals surface area contributed by atoms with Crippen LogP contribution in [-0.2, 0) is 9.84 Å². The molecule has 1 atom stereocenters. The first kappa shape index (κ1) is 17.4. The Morgan fingerprint density at radius 2 is 1.87 bits per heavy atom. The van der Waals surface area contributed by atoms with Crippen LogP contribution in [0, 0.1) is 0 Å². The maximum Gasteiger partial charge on any atom is 0.320 e. The van der Waals surface area contributed by atoms with E-state index in [9.17, 15) is 13.2 Å². The summed E-state index contributed by atoms with van der Waals surface area (Å²) >= 11 is 0. The van der Waals surface area contributed by atoms with Gasteiger partial charge in [-0.1, -0.05) is 0 Å². The number of nitrogens with one attached hydrogen (secondary N) is 1. The Morgan fingerprint density at radius 1 is 1.26 bits per heavy atom. The predicted molar refractivity (Wildman–Crippen MR) is 86.5 cm³/mol. The Kier molecular flexibility index (Phi) is 5.70. The molecule has 128 valence electrons. The molecule has 7 nitrogen and oxygen atoms in total. The van der Waals surface area contributed by atoms with Crippen LogP contribution < -0.4 is 14.8 Å². The van der Waals surface area contributed by atoms with Crippen molar-refractivity contribution >= 4 is 15.9 Å². The van der Waals surface area contributed by atoms with Gasteiger partial charge in [0.1, 0.15) is 11.5 Å². The van der Waals surface area contributed by atoms with E-state index < -0.39 is 9.84 Å². The average Bonchev–Trinajstić information content (AvgIpc) is 2.88. The molecule has 0 saturated carbocycles. The minimum Gasteiger partial charge on any atom is -0.494 e. The summed E-state index contributed by atoms with van der Waals surface area (Å²) in [5.74, 6) is 1.53. The van der Waals surface area contributed by atoms with Gasteiger partial charge in [-0.25, -0.2) is 13.2 Å². The Labute approximate surface area is 136 Å². The first-order chi connectivity index (χ1) is 10.9. The molecule has 1 aromatic carbocycles. The summed E-state index contributed by atoms with van der Waals surface area (Å²) in [4.78, 5) is 13.4. The van der Waals surface area contributed by atoms with Crippen molar-refractivity contribution in [3.63, 3.8) is 0 Å². The van der Waals surface area contributed by atoms with Crippen molar-refractivity contribution in [3.05, 3.63) is 24.3 Å². The number of sulfone groups is 1. The number of benzene rings is 1. The lowest BCUT2D eigenvalue weighted by molar-refractivity contribution is 0.182. The van der Waals surface area contributed by atoms with E-state index in [-0.39, 0.29) is 30.3 Å². The number of hydrogen-bond donors (Lipinski definition) is 1. The number of carbonyl (C=O) groups excluding carboxylic acids is 1. The molecule has 1 aliphatic heterocycles. The summed E-state index contributed by atoms with van der Waals surface area (Å²) in [6.07, 6.45) is 0.478. The van der Waals surface area contributed by atoms with E-state index in [2.05, 4.69) is 5.32 Å². The SMILES string of the molecule is CCOc1ccc(OCNC(=O)N(C)C2CCS(=O)(=O)C2)cc1. The molecule has 1 fully saturated rings. The summed E-state index contributed by atoms with van der Waals surface area (Å²) in [6, 6.07) is 6.46. The smallest absolute Gasteiger partial charge is 0.320 e. The second kappa shape index (κ2) is 7.54. The largest absolute Gasteiger partial charge is 0.494 e. The van der Waals surface area contributed by atoms with Gasteiger partial charge < -0.3 is 19.7 Å². The van der Waals surface area contributed by atoms with Crippen LogP contribution >= 0.6 is 0 Å². The first-order valence-corrected chi connectivity index (χ1v) is 9.30. The fraction of sp³-hybridized carbons (Fsp3) is 0.533. The van der Waals surface area contributed by atoms with E-state index in [0.29, 0.717) is 18.8 Å². The fourth-order valence-electron chi connectivity index (χ4n) is 2.35. The summed E-state index contributed by atoms with van der Waals surface area (Å²) in [6.45, 7) is 2.52. The number of rotatable bonds is 6. The summed E-state index contributed by atoms with van der Waals surface area (Å²) in [5, 5.41) is 2.61. The van der Waals surface area contributed by atoms with Crippen LogP contribution in [0.3, 0.4) is 0 Å². The number of hydrogen-bond acceptors (Lipinski definition) is 5. The third-order valence-corrected chi connectivity index (χ3v) is 5.42. The van der Waals surface area contributed by atoms with E-state index in [1.807, 2.05) is 6.92 Å². The van der Waals surface area contributed by atoms with Crippen LogP contribution in [0.25, 0.3) is 0 Å². The van der Waals surface area contributed by atoms with Crippen molar-refractivity contribution in [2.45, 2.75) is 19.4 Å². The van der Waals surface area contributed by atoms with Crippen molar-refractivity contribution in [2.24, 2.45) is 0 Å². The number of urea groups is 1. The van der Waals surface area contributed by atoms with Crippen LogP contribution in [0.2, 0.25) is 0 Å². The Balaban J connectivity index is 1.76. The Hall–Kier alpha value is -1.96. The molecule has 2 rings (SSSR count). The summed E-state index contributed by atoms with van der Waals surface area (Å²) in [5.41, 5.74) is 0. The number of carbonyl (C=O) groups is 1. The molecular weight excluding hydrogens is 320 g/mol. The van der Waals surface area contributed by atoms with Crippen LogP contribution in [0.1, 0.15) is 13.3 Å². The lowest BCUT2D eigenvalue weighted by Gasteiger charge is -2.23. The molecule has 1 heterocycles. The van der Waals surface area contributed by atoms with E-state index in [1.165, 1.54) is 4.90 Å². The molecule has 0 radical (unpaired) electrons. The molecule has 1 aromatic rings. The van der Waals surface area contributed by atoms with Crippen molar-refractivity contribution in [1.82, 2.24) is 10.2 Å². The normalized spacial score (nSPS) is 19.1. The standard InChI is InChI=1S/C15H22N2O5S/c1-3-21-13-4-6-14(7-5-13)22-11-16-15(18)17(2)12-8-9-23(19,20)10-12/h4-7,12H,3,8-11H2,1-2H3,(H,16,18). The molecule has 0 aromatic heterocycles. The van der Waals surface area contributed by atoms with E-state index in [4.69, 9.17) is 9.47 Å². The zero-order valence-corrected chi connectivity index (χ0v) is 14.1. The Morgan fingerprint density at radius 3 is 2.39 bits per heavy atom.